The van der Waals surface area contributed by atoms with Gasteiger partial charge >= 0.3 is 0 Å². The first-order chi connectivity index (χ1) is 9.70. The second kappa shape index (κ2) is 7.53. The molecule has 2 N–H and O–H groups in total. The van der Waals surface area contributed by atoms with E-state index in [-0.39, 0.29) is 5.91 Å². The van der Waals surface area contributed by atoms with Crippen LogP contribution in [-0.4, -0.2) is 35.5 Å². The van der Waals surface area contributed by atoms with Crippen molar-refractivity contribution in [3.05, 3.63) is 23.5 Å². The number of aromatic nitrogens is 1. The summed E-state index contributed by atoms with van der Waals surface area (Å²) < 4.78 is 0. The molecule has 0 spiro atoms. The fourth-order valence-electron chi connectivity index (χ4n) is 2.22. The highest BCUT2D eigenvalue weighted by atomic mass is 32.2. The van der Waals surface area contributed by atoms with E-state index in [4.69, 9.17) is 0 Å². The maximum Gasteiger partial charge on any atom is 0.254 e. The molecule has 1 unspecified atom stereocenters. The Morgan fingerprint density at radius 3 is 3.10 bits per heavy atom. The topological polar surface area (TPSA) is 54.0 Å². The van der Waals surface area contributed by atoms with Gasteiger partial charge in [-0.2, -0.15) is 11.8 Å². The van der Waals surface area contributed by atoms with E-state index in [2.05, 4.69) is 22.5 Å². The summed E-state index contributed by atoms with van der Waals surface area (Å²) in [6, 6.07) is 1.94. The minimum absolute atomic E-state index is 0.0204. The van der Waals surface area contributed by atoms with Crippen molar-refractivity contribution in [2.45, 2.75) is 26.7 Å². The van der Waals surface area contributed by atoms with Crippen LogP contribution in [0, 0.1) is 12.8 Å². The second-order valence-electron chi connectivity index (χ2n) is 5.24. The van der Waals surface area contributed by atoms with Gasteiger partial charge in [0.2, 0.25) is 0 Å². The monoisotopic (exact) mass is 293 g/mol. The van der Waals surface area contributed by atoms with Crippen molar-refractivity contribution in [3.8, 4) is 0 Å². The van der Waals surface area contributed by atoms with Crippen LogP contribution in [0.2, 0.25) is 0 Å². The number of hydrogen-bond donors (Lipinski definition) is 2. The molecule has 2 rings (SSSR count). The van der Waals surface area contributed by atoms with Crippen molar-refractivity contribution in [3.63, 3.8) is 0 Å². The number of amides is 1. The smallest absolute Gasteiger partial charge is 0.254 e. The van der Waals surface area contributed by atoms with Crippen LogP contribution in [0.15, 0.2) is 12.3 Å². The van der Waals surface area contributed by atoms with E-state index in [1.54, 1.807) is 6.20 Å². The maximum atomic E-state index is 12.3. The average molecular weight is 293 g/mol. The third-order valence-corrected chi connectivity index (χ3v) is 4.66. The van der Waals surface area contributed by atoms with Gasteiger partial charge in [0, 0.05) is 25.0 Å². The Kier molecular flexibility index (Phi) is 5.71. The first kappa shape index (κ1) is 15.2. The van der Waals surface area contributed by atoms with Crippen molar-refractivity contribution in [2.75, 3.05) is 29.9 Å². The molecule has 0 radical (unpaired) electrons. The molecule has 1 atom stereocenters. The predicted molar refractivity (Wildman–Crippen MR) is 85.5 cm³/mol. The zero-order valence-electron chi connectivity index (χ0n) is 12.2. The molecule has 20 heavy (non-hydrogen) atoms. The molecule has 0 aromatic carbocycles. The Morgan fingerprint density at radius 1 is 1.55 bits per heavy atom. The van der Waals surface area contributed by atoms with Crippen LogP contribution in [0.25, 0.3) is 0 Å². The van der Waals surface area contributed by atoms with Gasteiger partial charge in [-0.25, -0.2) is 0 Å². The van der Waals surface area contributed by atoms with Crippen LogP contribution < -0.4 is 10.6 Å². The number of carbonyl (C=O) groups is 1. The standard InChI is InChI=1S/C15H23N3OS/c1-3-5-16-14-7-11(2)17-9-13(14)15(19)18-8-12-4-6-20-10-12/h7,9,12H,3-6,8,10H2,1-2H3,(H,16,17)(H,18,19). The molecule has 5 heteroatoms. The molecule has 1 aromatic heterocycles. The third-order valence-electron chi connectivity index (χ3n) is 3.43. The van der Waals surface area contributed by atoms with Crippen molar-refractivity contribution < 1.29 is 4.79 Å². The number of pyridine rings is 1. The minimum Gasteiger partial charge on any atom is -0.384 e. The summed E-state index contributed by atoms with van der Waals surface area (Å²) in [5, 5.41) is 6.35. The summed E-state index contributed by atoms with van der Waals surface area (Å²) in [5.41, 5.74) is 2.46. The molecule has 0 saturated carbocycles. The zero-order valence-corrected chi connectivity index (χ0v) is 13.1. The lowest BCUT2D eigenvalue weighted by atomic mass is 10.1. The predicted octanol–water partition coefficient (Wildman–Crippen LogP) is 2.69. The largest absolute Gasteiger partial charge is 0.384 e. The maximum absolute atomic E-state index is 12.3. The first-order valence-corrected chi connectivity index (χ1v) is 8.42. The fourth-order valence-corrected chi connectivity index (χ4v) is 3.51. The Balaban J connectivity index is 1.99. The Morgan fingerprint density at radius 2 is 2.40 bits per heavy atom. The van der Waals surface area contributed by atoms with Crippen molar-refractivity contribution >= 4 is 23.4 Å². The highest BCUT2D eigenvalue weighted by Crippen LogP contribution is 2.23. The molecule has 2 heterocycles. The molecule has 1 aliphatic rings. The van der Waals surface area contributed by atoms with Crippen molar-refractivity contribution in [1.82, 2.24) is 10.3 Å². The van der Waals surface area contributed by atoms with Gasteiger partial charge in [-0.3, -0.25) is 9.78 Å². The molecular formula is C15H23N3OS. The van der Waals surface area contributed by atoms with E-state index in [0.29, 0.717) is 11.5 Å². The average Bonchev–Trinajstić information content (AvgIpc) is 2.96. The summed E-state index contributed by atoms with van der Waals surface area (Å²) >= 11 is 1.97. The molecule has 0 bridgehead atoms. The van der Waals surface area contributed by atoms with Gasteiger partial charge in [0.15, 0.2) is 0 Å². The van der Waals surface area contributed by atoms with Crippen molar-refractivity contribution in [2.24, 2.45) is 5.92 Å². The number of thioether (sulfide) groups is 1. The lowest BCUT2D eigenvalue weighted by Crippen LogP contribution is -2.30. The van der Waals surface area contributed by atoms with Crippen LogP contribution in [-0.2, 0) is 0 Å². The molecule has 1 aliphatic heterocycles. The summed E-state index contributed by atoms with van der Waals surface area (Å²) in [4.78, 5) is 16.5. The molecule has 1 aromatic rings. The normalized spacial score (nSPS) is 18.0. The number of anilines is 1. The van der Waals surface area contributed by atoms with Gasteiger partial charge in [-0.05, 0) is 43.3 Å². The Labute approximate surface area is 125 Å². The highest BCUT2D eigenvalue weighted by Gasteiger charge is 2.18. The lowest BCUT2D eigenvalue weighted by Gasteiger charge is -2.14. The lowest BCUT2D eigenvalue weighted by molar-refractivity contribution is 0.0949. The zero-order chi connectivity index (χ0) is 14.4. The van der Waals surface area contributed by atoms with Gasteiger partial charge in [-0.1, -0.05) is 6.92 Å². The summed E-state index contributed by atoms with van der Waals surface area (Å²) in [6.07, 6.45) is 3.91. The fraction of sp³-hybridized carbons (Fsp3) is 0.600. The SMILES string of the molecule is CCCNc1cc(C)ncc1C(=O)NCC1CCSC1. The number of rotatable bonds is 6. The van der Waals surface area contributed by atoms with Gasteiger partial charge in [-0.15, -0.1) is 0 Å². The van der Waals surface area contributed by atoms with Crippen LogP contribution in [0.1, 0.15) is 35.8 Å². The summed E-state index contributed by atoms with van der Waals surface area (Å²) in [6.45, 7) is 5.68. The molecule has 1 amide bonds. The van der Waals surface area contributed by atoms with E-state index in [1.165, 1.54) is 12.2 Å². The molecule has 1 saturated heterocycles. The number of hydrogen-bond acceptors (Lipinski definition) is 4. The van der Waals surface area contributed by atoms with Crippen LogP contribution in [0.5, 0.6) is 0 Å². The van der Waals surface area contributed by atoms with E-state index >= 15 is 0 Å². The molecule has 0 aliphatic carbocycles. The van der Waals surface area contributed by atoms with E-state index in [1.807, 2.05) is 24.8 Å². The van der Waals surface area contributed by atoms with Gasteiger partial charge in [0.05, 0.1) is 11.3 Å². The molecule has 1 fully saturated rings. The minimum atomic E-state index is -0.0204. The summed E-state index contributed by atoms with van der Waals surface area (Å²) in [7, 11) is 0. The van der Waals surface area contributed by atoms with E-state index < -0.39 is 0 Å². The number of aryl methyl sites for hydroxylation is 1. The highest BCUT2D eigenvalue weighted by molar-refractivity contribution is 7.99. The van der Waals surface area contributed by atoms with E-state index in [9.17, 15) is 4.79 Å². The van der Waals surface area contributed by atoms with Gasteiger partial charge < -0.3 is 10.6 Å². The van der Waals surface area contributed by atoms with Crippen LogP contribution in [0.3, 0.4) is 0 Å². The molecule has 110 valence electrons. The van der Waals surface area contributed by atoms with Crippen LogP contribution >= 0.6 is 11.8 Å². The number of nitrogens with zero attached hydrogens (tertiary/aromatic N) is 1. The molecule has 4 nitrogen and oxygen atoms in total. The van der Waals surface area contributed by atoms with Crippen molar-refractivity contribution in [1.29, 1.82) is 0 Å². The second-order valence-corrected chi connectivity index (χ2v) is 6.39. The molecular weight excluding hydrogens is 270 g/mol. The quantitative estimate of drug-likeness (QED) is 0.847. The van der Waals surface area contributed by atoms with Crippen LogP contribution in [0.4, 0.5) is 5.69 Å². The summed E-state index contributed by atoms with van der Waals surface area (Å²) in [5.74, 6) is 2.98. The Bertz CT molecular complexity index is 458. The number of nitrogens with one attached hydrogen (secondary N) is 2. The van der Waals surface area contributed by atoms with E-state index in [0.717, 1.165) is 36.6 Å². The number of carbonyl (C=O) groups excluding carboxylic acids is 1. The first-order valence-electron chi connectivity index (χ1n) is 7.27. The Hall–Kier alpha value is -1.23. The van der Waals surface area contributed by atoms with Gasteiger partial charge in [0.1, 0.15) is 0 Å². The van der Waals surface area contributed by atoms with Gasteiger partial charge in [0.25, 0.3) is 5.91 Å². The third kappa shape index (κ3) is 4.13.